The third-order valence-corrected chi connectivity index (χ3v) is 8.09. The monoisotopic (exact) mass is 565 g/mol. The fraction of sp³-hybridized carbons (Fsp3) is 0.148. The molecule has 2 N–H and O–H groups in total. The van der Waals surface area contributed by atoms with Crippen LogP contribution in [0.15, 0.2) is 89.8 Å². The van der Waals surface area contributed by atoms with Crippen molar-refractivity contribution in [2.45, 2.75) is 25.3 Å². The minimum absolute atomic E-state index is 0.0348. The summed E-state index contributed by atoms with van der Waals surface area (Å²) >= 11 is 0. The number of hydrogen-bond donors (Lipinski definition) is 2. The number of benzene rings is 3. The minimum Gasteiger partial charge on any atom is -0.322 e. The van der Waals surface area contributed by atoms with E-state index in [0.717, 1.165) is 11.8 Å². The van der Waals surface area contributed by atoms with E-state index in [2.05, 4.69) is 20.0 Å². The van der Waals surface area contributed by atoms with Crippen molar-refractivity contribution >= 4 is 43.3 Å². The Balaban J connectivity index is 1.55. The molecule has 12 heteroatoms. The van der Waals surface area contributed by atoms with E-state index in [0.29, 0.717) is 17.1 Å². The van der Waals surface area contributed by atoms with Crippen LogP contribution in [-0.4, -0.2) is 39.0 Å². The maximum Gasteiger partial charge on any atom is 0.264 e. The van der Waals surface area contributed by atoms with Crippen LogP contribution in [0.1, 0.15) is 27.3 Å². The normalized spacial score (nSPS) is 11.6. The Morgan fingerprint density at radius 3 is 2.03 bits per heavy atom. The molecule has 39 heavy (non-hydrogen) atoms. The molecule has 4 aromatic rings. The zero-order valence-corrected chi connectivity index (χ0v) is 23.1. The van der Waals surface area contributed by atoms with Gasteiger partial charge in [0.2, 0.25) is 16.0 Å². The van der Waals surface area contributed by atoms with Crippen LogP contribution in [0.4, 0.5) is 17.3 Å². The van der Waals surface area contributed by atoms with Crippen LogP contribution in [0, 0.1) is 13.8 Å². The first-order chi connectivity index (χ1) is 18.4. The van der Waals surface area contributed by atoms with Crippen LogP contribution in [0.3, 0.4) is 0 Å². The predicted molar refractivity (Wildman–Crippen MR) is 151 cm³/mol. The van der Waals surface area contributed by atoms with E-state index in [1.54, 1.807) is 50.2 Å². The largest absolute Gasteiger partial charge is 0.322 e. The van der Waals surface area contributed by atoms with E-state index >= 15 is 0 Å². The molecule has 202 valence electrons. The molecule has 0 radical (unpaired) electrons. The maximum absolute atomic E-state index is 13.2. The average molecular weight is 566 g/mol. The molecule has 0 saturated heterocycles. The lowest BCUT2D eigenvalue weighted by Gasteiger charge is -2.24. The van der Waals surface area contributed by atoms with E-state index in [9.17, 15) is 21.6 Å². The number of hydrogen-bond acceptors (Lipinski definition) is 7. The van der Waals surface area contributed by atoms with Gasteiger partial charge in [0, 0.05) is 17.1 Å². The van der Waals surface area contributed by atoms with Crippen molar-refractivity contribution in [3.05, 3.63) is 107 Å². The Labute approximate surface area is 227 Å². The van der Waals surface area contributed by atoms with Crippen molar-refractivity contribution in [2.24, 2.45) is 0 Å². The summed E-state index contributed by atoms with van der Waals surface area (Å²) in [6.45, 7) is 3.52. The number of nitrogens with one attached hydrogen (secondary N) is 2. The maximum atomic E-state index is 13.2. The molecule has 1 aromatic heterocycles. The molecule has 0 aliphatic carbocycles. The fourth-order valence-corrected chi connectivity index (χ4v) is 5.72. The molecule has 10 nitrogen and oxygen atoms in total. The molecule has 0 aliphatic heterocycles. The molecule has 0 bridgehead atoms. The Morgan fingerprint density at radius 2 is 1.41 bits per heavy atom. The number of aromatic nitrogens is 2. The minimum atomic E-state index is -3.97. The zero-order valence-electron chi connectivity index (χ0n) is 21.5. The summed E-state index contributed by atoms with van der Waals surface area (Å²) in [4.78, 5) is 21.4. The molecule has 0 spiro atoms. The Kier molecular flexibility index (Phi) is 7.98. The summed E-state index contributed by atoms with van der Waals surface area (Å²) in [5.41, 5.74) is 2.69. The van der Waals surface area contributed by atoms with Crippen LogP contribution in [0.25, 0.3) is 0 Å². The quantitative estimate of drug-likeness (QED) is 0.311. The van der Waals surface area contributed by atoms with E-state index in [-0.39, 0.29) is 28.6 Å². The van der Waals surface area contributed by atoms with Crippen molar-refractivity contribution in [3.63, 3.8) is 0 Å². The molecule has 0 unspecified atom stereocenters. The molecule has 1 amide bonds. The Morgan fingerprint density at radius 1 is 0.821 bits per heavy atom. The van der Waals surface area contributed by atoms with Gasteiger partial charge in [0.05, 0.1) is 28.9 Å². The Bertz CT molecular complexity index is 1690. The second kappa shape index (κ2) is 11.2. The lowest BCUT2D eigenvalue weighted by atomic mass is 10.1. The number of sulfonamides is 2. The second-order valence-electron chi connectivity index (χ2n) is 8.83. The summed E-state index contributed by atoms with van der Waals surface area (Å²) in [5.74, 6) is -0.586. The van der Waals surface area contributed by atoms with Gasteiger partial charge in [0.1, 0.15) is 0 Å². The molecule has 3 aromatic carbocycles. The van der Waals surface area contributed by atoms with Gasteiger partial charge < -0.3 is 5.32 Å². The van der Waals surface area contributed by atoms with Gasteiger partial charge in [0.15, 0.2) is 0 Å². The van der Waals surface area contributed by atoms with Gasteiger partial charge >= 0.3 is 0 Å². The first kappa shape index (κ1) is 27.7. The number of rotatable bonds is 9. The summed E-state index contributed by atoms with van der Waals surface area (Å²) < 4.78 is 54.5. The lowest BCUT2D eigenvalue weighted by molar-refractivity contribution is 0.102. The van der Waals surface area contributed by atoms with Crippen molar-refractivity contribution < 1.29 is 21.6 Å². The van der Waals surface area contributed by atoms with Gasteiger partial charge in [-0.25, -0.2) is 31.5 Å². The van der Waals surface area contributed by atoms with Crippen LogP contribution >= 0.6 is 0 Å². The van der Waals surface area contributed by atoms with Crippen LogP contribution in [0.5, 0.6) is 0 Å². The standard InChI is InChI=1S/C27H27N5O5S2/c1-19-17-20(2)29-27(28-19)31-39(36,37)23-15-13-22(14-16-23)30-26(33)24-11-7-8-12-25(24)32(38(3,34)35)18-21-9-5-4-6-10-21/h4-17H,18H2,1-3H3,(H,30,33)(H,28,29,31). The number of anilines is 3. The van der Waals surface area contributed by atoms with Gasteiger partial charge in [-0.1, -0.05) is 42.5 Å². The molecule has 4 rings (SSSR count). The van der Waals surface area contributed by atoms with Crippen molar-refractivity contribution in [1.82, 2.24) is 9.97 Å². The highest BCUT2D eigenvalue weighted by atomic mass is 32.2. The fourth-order valence-electron chi connectivity index (χ4n) is 3.88. The highest BCUT2D eigenvalue weighted by molar-refractivity contribution is 7.92. The summed E-state index contributed by atoms with van der Waals surface area (Å²) in [7, 11) is -7.70. The molecule has 0 fully saturated rings. The third-order valence-electron chi connectivity index (χ3n) is 5.62. The third kappa shape index (κ3) is 6.98. The lowest BCUT2D eigenvalue weighted by Crippen LogP contribution is -2.31. The van der Waals surface area contributed by atoms with Gasteiger partial charge in [-0.2, -0.15) is 0 Å². The molecular formula is C27H27N5O5S2. The van der Waals surface area contributed by atoms with Gasteiger partial charge in [-0.15, -0.1) is 0 Å². The van der Waals surface area contributed by atoms with Crippen LogP contribution < -0.4 is 14.3 Å². The van der Waals surface area contributed by atoms with Crippen LogP contribution in [0.2, 0.25) is 0 Å². The number of nitrogens with zero attached hydrogens (tertiary/aromatic N) is 3. The number of amides is 1. The van der Waals surface area contributed by atoms with Gasteiger partial charge in [0.25, 0.3) is 15.9 Å². The van der Waals surface area contributed by atoms with E-state index < -0.39 is 26.0 Å². The number of aryl methyl sites for hydroxylation is 2. The SMILES string of the molecule is Cc1cc(C)nc(NS(=O)(=O)c2ccc(NC(=O)c3ccccc3N(Cc3ccccc3)S(C)(=O)=O)cc2)n1. The van der Waals surface area contributed by atoms with E-state index in [4.69, 9.17) is 0 Å². The smallest absolute Gasteiger partial charge is 0.264 e. The molecule has 0 saturated carbocycles. The summed E-state index contributed by atoms with van der Waals surface area (Å²) in [5, 5.41) is 2.71. The van der Waals surface area contributed by atoms with Crippen molar-refractivity contribution in [1.29, 1.82) is 0 Å². The Hall–Kier alpha value is -4.29. The summed E-state index contributed by atoms with van der Waals surface area (Å²) in [6, 6.07) is 22.7. The molecule has 0 atom stereocenters. The highest BCUT2D eigenvalue weighted by Gasteiger charge is 2.24. The van der Waals surface area contributed by atoms with E-state index in [1.165, 1.54) is 34.6 Å². The molecule has 1 heterocycles. The number of para-hydroxylation sites is 1. The average Bonchev–Trinajstić information content (AvgIpc) is 2.87. The predicted octanol–water partition coefficient (Wildman–Crippen LogP) is 4.11. The first-order valence-electron chi connectivity index (χ1n) is 11.8. The van der Waals surface area contributed by atoms with Crippen molar-refractivity contribution in [3.8, 4) is 0 Å². The molecular weight excluding hydrogens is 538 g/mol. The van der Waals surface area contributed by atoms with Gasteiger partial charge in [-0.3, -0.25) is 9.10 Å². The van der Waals surface area contributed by atoms with Crippen molar-refractivity contribution in [2.75, 3.05) is 20.6 Å². The number of carbonyl (C=O) groups is 1. The van der Waals surface area contributed by atoms with Crippen LogP contribution in [-0.2, 0) is 26.6 Å². The molecule has 0 aliphatic rings. The zero-order chi connectivity index (χ0) is 28.2. The number of carbonyl (C=O) groups excluding carboxylic acids is 1. The summed E-state index contributed by atoms with van der Waals surface area (Å²) in [6.07, 6.45) is 1.08. The van der Waals surface area contributed by atoms with Gasteiger partial charge in [-0.05, 0) is 61.9 Å². The topological polar surface area (TPSA) is 138 Å². The highest BCUT2D eigenvalue weighted by Crippen LogP contribution is 2.26. The second-order valence-corrected chi connectivity index (χ2v) is 12.4. The first-order valence-corrected chi connectivity index (χ1v) is 15.1. The van der Waals surface area contributed by atoms with E-state index in [1.807, 2.05) is 18.2 Å².